The van der Waals surface area contributed by atoms with Gasteiger partial charge in [-0.1, -0.05) is 95.8 Å². The van der Waals surface area contributed by atoms with Crippen molar-refractivity contribution in [3.63, 3.8) is 0 Å². The average Bonchev–Trinajstić information content (AvgIpc) is 2.99. The van der Waals surface area contributed by atoms with Crippen molar-refractivity contribution >= 4 is 21.6 Å². The summed E-state index contributed by atoms with van der Waals surface area (Å²) in [6.45, 7) is 24.1. The SMILES string of the molecule is C=C[C@@H](OC)/C(=C\CC(C)F)CN1C[C@H](Br)CN(c2ccc(OC)c(OCCCCC)c2C)[C@@H]1O.CC.CC.CCC. The number of aliphatic hydroxyl groups excluding tert-OH is 1. The average molecular weight is 662 g/mol. The van der Waals surface area contributed by atoms with Crippen molar-refractivity contribution in [2.45, 2.75) is 118 Å². The monoisotopic (exact) mass is 660 g/mol. The van der Waals surface area contributed by atoms with Crippen LogP contribution in [0.4, 0.5) is 10.1 Å². The van der Waals surface area contributed by atoms with E-state index in [1.165, 1.54) is 13.3 Å². The molecule has 246 valence electrons. The first-order valence-corrected chi connectivity index (χ1v) is 16.7. The molecule has 8 heteroatoms. The molecule has 1 unspecified atom stereocenters. The van der Waals surface area contributed by atoms with Gasteiger partial charge in [-0.3, -0.25) is 4.90 Å². The molecule has 0 radical (unpaired) electrons. The van der Waals surface area contributed by atoms with Gasteiger partial charge >= 0.3 is 0 Å². The largest absolute Gasteiger partial charge is 0.493 e. The number of ether oxygens (including phenoxy) is 3. The molecular formula is C34H62BrFN2O4. The van der Waals surface area contributed by atoms with Crippen LogP contribution in [0.5, 0.6) is 11.5 Å². The summed E-state index contributed by atoms with van der Waals surface area (Å²) in [6.07, 6.45) is 6.11. The number of alkyl halides is 2. The minimum absolute atomic E-state index is 0.118. The summed E-state index contributed by atoms with van der Waals surface area (Å²) in [7, 11) is 3.24. The molecule has 0 spiro atoms. The summed E-state index contributed by atoms with van der Waals surface area (Å²) >= 11 is 3.77. The smallest absolute Gasteiger partial charge is 0.186 e. The molecule has 1 aliphatic rings. The highest BCUT2D eigenvalue weighted by Gasteiger charge is 2.34. The molecule has 0 aliphatic carbocycles. The first-order valence-electron chi connectivity index (χ1n) is 15.8. The molecule has 1 aromatic carbocycles. The third-order valence-corrected chi connectivity index (χ3v) is 6.80. The minimum Gasteiger partial charge on any atom is -0.493 e. The minimum atomic E-state index is -0.961. The Hall–Kier alpha value is -1.61. The highest BCUT2D eigenvalue weighted by molar-refractivity contribution is 9.09. The lowest BCUT2D eigenvalue weighted by Gasteiger charge is -2.45. The molecule has 6 nitrogen and oxygen atoms in total. The van der Waals surface area contributed by atoms with Gasteiger partial charge in [-0.05, 0) is 44.4 Å². The number of unbranched alkanes of at least 4 members (excludes halogenated alkanes) is 2. The van der Waals surface area contributed by atoms with E-state index in [2.05, 4.69) is 43.3 Å². The van der Waals surface area contributed by atoms with Crippen LogP contribution in [-0.4, -0.2) is 73.9 Å². The number of hydrogen-bond donors (Lipinski definition) is 1. The summed E-state index contributed by atoms with van der Waals surface area (Å²) in [4.78, 5) is 4.03. The van der Waals surface area contributed by atoms with Crippen LogP contribution in [0.2, 0.25) is 0 Å². The molecule has 4 atom stereocenters. The Balaban J connectivity index is 0. The number of nitrogens with zero attached hydrogens (tertiary/aromatic N) is 2. The fraction of sp³-hybridized carbons (Fsp3) is 0.706. The van der Waals surface area contributed by atoms with Crippen molar-refractivity contribution in [3.8, 4) is 11.5 Å². The van der Waals surface area contributed by atoms with E-state index >= 15 is 0 Å². The van der Waals surface area contributed by atoms with E-state index in [4.69, 9.17) is 14.2 Å². The standard InChI is InChI=1S/C27H42BrFN2O4.C3H8.2C2H6/c1-7-9-10-15-35-26-20(4)23(13-14-25(26)34-6)31-18-22(28)17-30(27(31)32)16-21(12-11-19(3)29)24(8-2)33-5;1-3-2;2*1-2/h8,12-14,19,22,24,27,32H,2,7,9-11,15-18H2,1,3-6H3;3H2,1-2H3;2*1-2H3/b21-12-;;;/t19?,22-,24+,27+;;;/m0.../s1. The topological polar surface area (TPSA) is 54.4 Å². The van der Waals surface area contributed by atoms with Crippen LogP contribution >= 0.6 is 15.9 Å². The maximum atomic E-state index is 13.6. The zero-order chi connectivity index (χ0) is 32.7. The maximum Gasteiger partial charge on any atom is 0.186 e. The van der Waals surface area contributed by atoms with Crippen LogP contribution in [0.3, 0.4) is 0 Å². The second-order valence-electron chi connectivity index (χ2n) is 9.72. The van der Waals surface area contributed by atoms with Crippen LogP contribution in [0.25, 0.3) is 0 Å². The molecule has 0 amide bonds. The fourth-order valence-corrected chi connectivity index (χ4v) is 5.02. The summed E-state index contributed by atoms with van der Waals surface area (Å²) in [6, 6.07) is 3.85. The van der Waals surface area contributed by atoms with E-state index in [9.17, 15) is 9.50 Å². The summed E-state index contributed by atoms with van der Waals surface area (Å²) < 4.78 is 30.8. The lowest BCUT2D eigenvalue weighted by atomic mass is 10.1. The van der Waals surface area contributed by atoms with Gasteiger partial charge in [0.25, 0.3) is 0 Å². The van der Waals surface area contributed by atoms with Gasteiger partial charge in [0, 0.05) is 42.8 Å². The molecule has 42 heavy (non-hydrogen) atoms. The van der Waals surface area contributed by atoms with Gasteiger partial charge in [0.2, 0.25) is 0 Å². The second kappa shape index (κ2) is 25.8. The molecule has 2 rings (SSSR count). The van der Waals surface area contributed by atoms with Crippen molar-refractivity contribution in [1.29, 1.82) is 0 Å². The maximum absolute atomic E-state index is 13.6. The Morgan fingerprint density at radius 3 is 2.26 bits per heavy atom. The second-order valence-corrected chi connectivity index (χ2v) is 11.0. The van der Waals surface area contributed by atoms with Crippen molar-refractivity contribution < 1.29 is 23.7 Å². The predicted octanol–water partition coefficient (Wildman–Crippen LogP) is 9.08. The van der Waals surface area contributed by atoms with E-state index in [-0.39, 0.29) is 17.4 Å². The molecule has 1 aromatic rings. The summed E-state index contributed by atoms with van der Waals surface area (Å²) in [5, 5.41) is 11.4. The Labute approximate surface area is 266 Å². The lowest BCUT2D eigenvalue weighted by Crippen LogP contribution is -2.59. The van der Waals surface area contributed by atoms with Gasteiger partial charge in [0.1, 0.15) is 6.17 Å². The van der Waals surface area contributed by atoms with Gasteiger partial charge in [-0.25, -0.2) is 4.39 Å². The van der Waals surface area contributed by atoms with E-state index < -0.39 is 12.5 Å². The Bertz CT molecular complexity index is 853. The van der Waals surface area contributed by atoms with Crippen molar-refractivity contribution in [2.24, 2.45) is 0 Å². The van der Waals surface area contributed by atoms with E-state index in [1.807, 2.05) is 62.6 Å². The molecule has 0 saturated carbocycles. The van der Waals surface area contributed by atoms with E-state index in [1.54, 1.807) is 20.3 Å². The molecule has 1 saturated heterocycles. The summed E-state index contributed by atoms with van der Waals surface area (Å²) in [5.74, 6) is 1.39. The van der Waals surface area contributed by atoms with Gasteiger partial charge in [0.15, 0.2) is 17.9 Å². The first kappa shape index (κ1) is 42.5. The number of aliphatic hydroxyl groups is 1. The molecule has 0 aromatic heterocycles. The van der Waals surface area contributed by atoms with Crippen molar-refractivity contribution in [2.75, 3.05) is 45.4 Å². The first-order chi connectivity index (χ1) is 20.2. The Kier molecular flexibility index (Phi) is 26.2. The third kappa shape index (κ3) is 14.7. The number of anilines is 1. The van der Waals surface area contributed by atoms with E-state index in [0.29, 0.717) is 37.7 Å². The lowest BCUT2D eigenvalue weighted by molar-refractivity contribution is -0.0100. The fourth-order valence-electron chi connectivity index (χ4n) is 4.33. The van der Waals surface area contributed by atoms with Gasteiger partial charge < -0.3 is 24.2 Å². The number of allylic oxidation sites excluding steroid dienone is 1. The number of benzene rings is 1. The van der Waals surface area contributed by atoms with Crippen LogP contribution in [0.1, 0.15) is 93.1 Å². The highest BCUT2D eigenvalue weighted by Crippen LogP contribution is 2.39. The number of methoxy groups -OCH3 is 2. The van der Waals surface area contributed by atoms with E-state index in [0.717, 1.165) is 36.1 Å². The predicted molar refractivity (Wildman–Crippen MR) is 183 cm³/mol. The Morgan fingerprint density at radius 1 is 1.14 bits per heavy atom. The highest BCUT2D eigenvalue weighted by atomic mass is 79.9. The number of hydrogen-bond acceptors (Lipinski definition) is 6. The van der Waals surface area contributed by atoms with Crippen LogP contribution < -0.4 is 14.4 Å². The van der Waals surface area contributed by atoms with Crippen LogP contribution in [-0.2, 0) is 4.74 Å². The van der Waals surface area contributed by atoms with Crippen LogP contribution in [0, 0.1) is 6.92 Å². The zero-order valence-corrected chi connectivity index (χ0v) is 30.1. The molecule has 1 aliphatic heterocycles. The molecule has 1 fully saturated rings. The van der Waals surface area contributed by atoms with Crippen molar-refractivity contribution in [1.82, 2.24) is 4.90 Å². The quantitative estimate of drug-likeness (QED) is 0.122. The molecule has 1 heterocycles. The van der Waals surface area contributed by atoms with Gasteiger partial charge in [-0.2, -0.15) is 0 Å². The number of halogens is 2. The van der Waals surface area contributed by atoms with Crippen molar-refractivity contribution in [3.05, 3.63) is 42.0 Å². The van der Waals surface area contributed by atoms with Gasteiger partial charge in [0.05, 0.1) is 19.8 Å². The Morgan fingerprint density at radius 2 is 1.76 bits per heavy atom. The molecular weight excluding hydrogens is 599 g/mol. The molecule has 1 N–H and O–H groups in total. The zero-order valence-electron chi connectivity index (χ0n) is 28.5. The number of rotatable bonds is 14. The summed E-state index contributed by atoms with van der Waals surface area (Å²) in [5.41, 5.74) is 2.68. The molecule has 0 bridgehead atoms. The van der Waals surface area contributed by atoms with Gasteiger partial charge in [-0.15, -0.1) is 6.58 Å². The third-order valence-electron chi connectivity index (χ3n) is 6.22. The normalized spacial score (nSPS) is 18.2. The van der Waals surface area contributed by atoms with Crippen LogP contribution in [0.15, 0.2) is 36.4 Å².